The van der Waals surface area contributed by atoms with E-state index in [2.05, 4.69) is 10.6 Å². The fraction of sp³-hybridized carbons (Fsp3) is 0.118. The Hall–Kier alpha value is -3.33. The summed E-state index contributed by atoms with van der Waals surface area (Å²) in [6.45, 7) is -0.175. The van der Waals surface area contributed by atoms with Crippen molar-refractivity contribution >= 4 is 17.5 Å². The number of carbonyl (C=O) groups is 2. The second-order valence-corrected chi connectivity index (χ2v) is 4.63. The minimum absolute atomic E-state index is 0.175. The molecule has 0 saturated heterocycles. The number of rotatable bonds is 5. The maximum absolute atomic E-state index is 11.8. The second-order valence-electron chi connectivity index (χ2n) is 4.63. The standard InChI is InChI=1S/C17H15N3O3/c1-19-17(22)13-5-7-14(8-6-13)20-16(21)11-23-15-4-2-3-12(9-15)10-18/h2-9H,11H2,1H3,(H,19,22)(H,20,21). The van der Waals surface area contributed by atoms with Gasteiger partial charge in [-0.15, -0.1) is 0 Å². The average Bonchev–Trinajstić information content (AvgIpc) is 2.60. The van der Waals surface area contributed by atoms with Crippen LogP contribution in [-0.4, -0.2) is 25.5 Å². The van der Waals surface area contributed by atoms with Crippen LogP contribution in [0.1, 0.15) is 15.9 Å². The van der Waals surface area contributed by atoms with Crippen LogP contribution in [0.4, 0.5) is 5.69 Å². The van der Waals surface area contributed by atoms with E-state index < -0.39 is 0 Å². The lowest BCUT2D eigenvalue weighted by Gasteiger charge is -2.08. The van der Waals surface area contributed by atoms with Crippen LogP contribution in [0.2, 0.25) is 0 Å². The van der Waals surface area contributed by atoms with E-state index >= 15 is 0 Å². The van der Waals surface area contributed by atoms with Gasteiger partial charge in [0.05, 0.1) is 11.6 Å². The molecule has 0 bridgehead atoms. The first-order valence-electron chi connectivity index (χ1n) is 6.87. The van der Waals surface area contributed by atoms with Crippen molar-refractivity contribution in [1.82, 2.24) is 5.32 Å². The van der Waals surface area contributed by atoms with Gasteiger partial charge >= 0.3 is 0 Å². The van der Waals surface area contributed by atoms with E-state index in [1.807, 2.05) is 6.07 Å². The number of nitrogens with one attached hydrogen (secondary N) is 2. The third-order valence-corrected chi connectivity index (χ3v) is 2.99. The van der Waals surface area contributed by atoms with Crippen LogP contribution >= 0.6 is 0 Å². The zero-order chi connectivity index (χ0) is 16.7. The van der Waals surface area contributed by atoms with Gasteiger partial charge in [0.15, 0.2) is 6.61 Å². The summed E-state index contributed by atoms with van der Waals surface area (Å²) in [5.74, 6) is -0.0715. The molecule has 0 spiro atoms. The quantitative estimate of drug-likeness (QED) is 0.883. The summed E-state index contributed by atoms with van der Waals surface area (Å²) in [4.78, 5) is 23.3. The largest absolute Gasteiger partial charge is 0.484 e. The molecule has 2 amide bonds. The molecule has 116 valence electrons. The summed E-state index contributed by atoms with van der Waals surface area (Å²) in [6.07, 6.45) is 0. The predicted octanol–water partition coefficient (Wildman–Crippen LogP) is 1.94. The molecule has 2 rings (SSSR count). The number of amides is 2. The summed E-state index contributed by atoms with van der Waals surface area (Å²) in [5, 5.41) is 14.0. The molecular weight excluding hydrogens is 294 g/mol. The van der Waals surface area contributed by atoms with Crippen molar-refractivity contribution in [2.24, 2.45) is 0 Å². The van der Waals surface area contributed by atoms with Gasteiger partial charge < -0.3 is 15.4 Å². The molecule has 0 heterocycles. The molecule has 0 unspecified atom stereocenters. The monoisotopic (exact) mass is 309 g/mol. The molecule has 0 aromatic heterocycles. The molecule has 23 heavy (non-hydrogen) atoms. The number of carbonyl (C=O) groups excluding carboxylic acids is 2. The van der Waals surface area contributed by atoms with Gasteiger partial charge in [-0.05, 0) is 42.5 Å². The van der Waals surface area contributed by atoms with E-state index in [4.69, 9.17) is 10.00 Å². The van der Waals surface area contributed by atoms with Gasteiger partial charge in [-0.1, -0.05) is 6.07 Å². The fourth-order valence-corrected chi connectivity index (χ4v) is 1.85. The van der Waals surface area contributed by atoms with Crippen LogP contribution in [-0.2, 0) is 4.79 Å². The van der Waals surface area contributed by atoms with Gasteiger partial charge in [0.2, 0.25) is 0 Å². The molecule has 2 aromatic rings. The van der Waals surface area contributed by atoms with E-state index in [1.165, 1.54) is 0 Å². The van der Waals surface area contributed by atoms with E-state index in [0.29, 0.717) is 22.6 Å². The normalized spacial score (nSPS) is 9.57. The van der Waals surface area contributed by atoms with Crippen molar-refractivity contribution in [2.75, 3.05) is 19.0 Å². The Bertz CT molecular complexity index is 748. The Morgan fingerprint density at radius 2 is 1.91 bits per heavy atom. The molecule has 2 N–H and O–H groups in total. The van der Waals surface area contributed by atoms with E-state index in [-0.39, 0.29) is 18.4 Å². The third-order valence-electron chi connectivity index (χ3n) is 2.99. The molecular formula is C17H15N3O3. The SMILES string of the molecule is CNC(=O)c1ccc(NC(=O)COc2cccc(C#N)c2)cc1. The fourth-order valence-electron chi connectivity index (χ4n) is 1.85. The van der Waals surface area contributed by atoms with Gasteiger partial charge in [-0.25, -0.2) is 0 Å². The van der Waals surface area contributed by atoms with Crippen LogP contribution in [0.3, 0.4) is 0 Å². The second kappa shape index (κ2) is 7.61. The molecule has 0 radical (unpaired) electrons. The molecule has 0 saturated carbocycles. The van der Waals surface area contributed by atoms with Crippen molar-refractivity contribution in [3.05, 3.63) is 59.7 Å². The zero-order valence-corrected chi connectivity index (χ0v) is 12.5. The number of benzene rings is 2. The molecule has 0 aliphatic carbocycles. The van der Waals surface area contributed by atoms with Gasteiger partial charge in [0.25, 0.3) is 11.8 Å². The smallest absolute Gasteiger partial charge is 0.262 e. The number of ether oxygens (including phenoxy) is 1. The number of nitriles is 1. The maximum atomic E-state index is 11.8. The minimum Gasteiger partial charge on any atom is -0.484 e. The van der Waals surface area contributed by atoms with Crippen molar-refractivity contribution in [1.29, 1.82) is 5.26 Å². The maximum Gasteiger partial charge on any atom is 0.262 e. The number of hydrogen-bond donors (Lipinski definition) is 2. The van der Waals surface area contributed by atoms with Crippen LogP contribution in [0, 0.1) is 11.3 Å². The molecule has 0 fully saturated rings. The Kier molecular flexibility index (Phi) is 5.31. The first-order chi connectivity index (χ1) is 11.1. The zero-order valence-electron chi connectivity index (χ0n) is 12.5. The van der Waals surface area contributed by atoms with Gasteiger partial charge in [-0.2, -0.15) is 5.26 Å². The lowest BCUT2D eigenvalue weighted by atomic mass is 10.2. The number of hydrogen-bond acceptors (Lipinski definition) is 4. The highest BCUT2D eigenvalue weighted by atomic mass is 16.5. The molecule has 0 aliphatic rings. The van der Waals surface area contributed by atoms with Crippen molar-refractivity contribution < 1.29 is 14.3 Å². The van der Waals surface area contributed by atoms with E-state index in [0.717, 1.165) is 0 Å². The van der Waals surface area contributed by atoms with Gasteiger partial charge in [-0.3, -0.25) is 9.59 Å². The highest BCUT2D eigenvalue weighted by Crippen LogP contribution is 2.13. The minimum atomic E-state index is -0.333. The third kappa shape index (κ3) is 4.58. The van der Waals surface area contributed by atoms with Gasteiger partial charge in [0, 0.05) is 18.3 Å². The molecule has 2 aromatic carbocycles. The molecule has 6 nitrogen and oxygen atoms in total. The predicted molar refractivity (Wildman–Crippen MR) is 85.1 cm³/mol. The highest BCUT2D eigenvalue weighted by molar-refractivity contribution is 5.95. The Morgan fingerprint density at radius 3 is 2.57 bits per heavy atom. The van der Waals surface area contributed by atoms with E-state index in [9.17, 15) is 9.59 Å². The Labute approximate surface area is 133 Å². The Balaban J connectivity index is 1.89. The lowest BCUT2D eigenvalue weighted by molar-refractivity contribution is -0.118. The lowest BCUT2D eigenvalue weighted by Crippen LogP contribution is -2.20. The summed E-state index contributed by atoms with van der Waals surface area (Å²) in [7, 11) is 1.55. The van der Waals surface area contributed by atoms with Crippen molar-refractivity contribution in [2.45, 2.75) is 0 Å². The van der Waals surface area contributed by atoms with Crippen LogP contribution < -0.4 is 15.4 Å². The van der Waals surface area contributed by atoms with Crippen molar-refractivity contribution in [3.8, 4) is 11.8 Å². The van der Waals surface area contributed by atoms with Crippen molar-refractivity contribution in [3.63, 3.8) is 0 Å². The molecule has 6 heteroatoms. The number of nitrogens with zero attached hydrogens (tertiary/aromatic N) is 1. The highest BCUT2D eigenvalue weighted by Gasteiger charge is 2.06. The average molecular weight is 309 g/mol. The Morgan fingerprint density at radius 1 is 1.17 bits per heavy atom. The summed E-state index contributed by atoms with van der Waals surface area (Å²) in [6, 6.07) is 15.1. The molecule has 0 aliphatic heterocycles. The van der Waals surface area contributed by atoms with Crippen LogP contribution in [0.25, 0.3) is 0 Å². The first kappa shape index (κ1) is 16.0. The topological polar surface area (TPSA) is 91.2 Å². The van der Waals surface area contributed by atoms with E-state index in [1.54, 1.807) is 55.6 Å². The number of anilines is 1. The summed E-state index contributed by atoms with van der Waals surface area (Å²) in [5.41, 5.74) is 1.54. The van der Waals surface area contributed by atoms with Crippen LogP contribution in [0.5, 0.6) is 5.75 Å². The summed E-state index contributed by atoms with van der Waals surface area (Å²) < 4.78 is 5.33. The first-order valence-corrected chi connectivity index (χ1v) is 6.87. The summed E-state index contributed by atoms with van der Waals surface area (Å²) >= 11 is 0. The van der Waals surface area contributed by atoms with Crippen LogP contribution in [0.15, 0.2) is 48.5 Å². The molecule has 0 atom stereocenters. The van der Waals surface area contributed by atoms with Gasteiger partial charge in [0.1, 0.15) is 5.75 Å².